The fourth-order valence-electron chi connectivity index (χ4n) is 3.19. The SMILES string of the molecule is NC[C@H](O)[C@H](Cc1ccccc1)NC(=O)OC1COC2OCCC12. The first kappa shape index (κ1) is 17.2. The first-order chi connectivity index (χ1) is 11.7. The van der Waals surface area contributed by atoms with Crippen molar-refractivity contribution in [2.75, 3.05) is 19.8 Å². The Morgan fingerprint density at radius 3 is 2.92 bits per heavy atom. The van der Waals surface area contributed by atoms with Crippen LogP contribution in [0.25, 0.3) is 0 Å². The molecule has 2 aliphatic rings. The van der Waals surface area contributed by atoms with Crippen LogP contribution in [0, 0.1) is 5.92 Å². The molecule has 2 aliphatic heterocycles. The van der Waals surface area contributed by atoms with Crippen LogP contribution < -0.4 is 11.1 Å². The van der Waals surface area contributed by atoms with E-state index in [2.05, 4.69) is 5.32 Å². The second-order valence-corrected chi connectivity index (χ2v) is 6.21. The highest BCUT2D eigenvalue weighted by atomic mass is 16.7. The fraction of sp³-hybridized carbons (Fsp3) is 0.588. The monoisotopic (exact) mass is 336 g/mol. The quantitative estimate of drug-likeness (QED) is 0.695. The predicted molar refractivity (Wildman–Crippen MR) is 86.2 cm³/mol. The number of nitrogens with one attached hydrogen (secondary N) is 1. The van der Waals surface area contributed by atoms with Crippen molar-refractivity contribution < 1.29 is 24.1 Å². The van der Waals surface area contributed by atoms with Gasteiger partial charge in [-0.2, -0.15) is 0 Å². The van der Waals surface area contributed by atoms with Gasteiger partial charge >= 0.3 is 6.09 Å². The topological polar surface area (TPSA) is 103 Å². The number of fused-ring (bicyclic) bond motifs is 1. The van der Waals surface area contributed by atoms with Crippen LogP contribution in [0.5, 0.6) is 0 Å². The smallest absolute Gasteiger partial charge is 0.407 e. The molecule has 2 saturated heterocycles. The molecular formula is C17H24N2O5. The van der Waals surface area contributed by atoms with E-state index in [0.29, 0.717) is 19.6 Å². The van der Waals surface area contributed by atoms with E-state index in [0.717, 1.165) is 12.0 Å². The third-order valence-corrected chi connectivity index (χ3v) is 4.55. The van der Waals surface area contributed by atoms with Gasteiger partial charge in [-0.3, -0.25) is 0 Å². The van der Waals surface area contributed by atoms with E-state index in [4.69, 9.17) is 19.9 Å². The summed E-state index contributed by atoms with van der Waals surface area (Å²) in [6.45, 7) is 1.02. The number of hydrogen-bond acceptors (Lipinski definition) is 6. The van der Waals surface area contributed by atoms with E-state index in [1.807, 2.05) is 30.3 Å². The predicted octanol–water partition coefficient (Wildman–Crippen LogP) is 0.405. The molecule has 2 fully saturated rings. The molecule has 4 N–H and O–H groups in total. The lowest BCUT2D eigenvalue weighted by molar-refractivity contribution is -0.0907. The summed E-state index contributed by atoms with van der Waals surface area (Å²) in [5, 5.41) is 12.8. The van der Waals surface area contributed by atoms with Crippen LogP contribution in [-0.4, -0.2) is 55.5 Å². The van der Waals surface area contributed by atoms with E-state index in [1.165, 1.54) is 0 Å². The fourth-order valence-corrected chi connectivity index (χ4v) is 3.19. The first-order valence-electron chi connectivity index (χ1n) is 8.30. The molecule has 3 rings (SSSR count). The number of carbonyl (C=O) groups excluding carboxylic acids is 1. The van der Waals surface area contributed by atoms with Gasteiger partial charge in [-0.1, -0.05) is 30.3 Å². The molecule has 0 radical (unpaired) electrons. The number of ether oxygens (including phenoxy) is 3. The van der Waals surface area contributed by atoms with Crippen molar-refractivity contribution in [3.05, 3.63) is 35.9 Å². The summed E-state index contributed by atoms with van der Waals surface area (Å²) in [4.78, 5) is 12.2. The number of aliphatic hydroxyl groups is 1. The van der Waals surface area contributed by atoms with Gasteiger partial charge in [-0.05, 0) is 18.4 Å². The number of amides is 1. The van der Waals surface area contributed by atoms with Gasteiger partial charge in [0.05, 0.1) is 31.3 Å². The van der Waals surface area contributed by atoms with E-state index >= 15 is 0 Å². The van der Waals surface area contributed by atoms with Gasteiger partial charge in [0.25, 0.3) is 0 Å². The van der Waals surface area contributed by atoms with Crippen LogP contribution in [0.15, 0.2) is 30.3 Å². The van der Waals surface area contributed by atoms with Crippen molar-refractivity contribution in [2.24, 2.45) is 11.7 Å². The second-order valence-electron chi connectivity index (χ2n) is 6.21. The number of benzene rings is 1. The van der Waals surface area contributed by atoms with Crippen LogP contribution in [-0.2, 0) is 20.6 Å². The zero-order valence-corrected chi connectivity index (χ0v) is 13.5. The summed E-state index contributed by atoms with van der Waals surface area (Å²) in [5.74, 6) is 0.0859. The van der Waals surface area contributed by atoms with Crippen molar-refractivity contribution in [2.45, 2.75) is 37.4 Å². The molecule has 0 saturated carbocycles. The largest absolute Gasteiger partial charge is 0.443 e. The van der Waals surface area contributed by atoms with Crippen LogP contribution in [0.1, 0.15) is 12.0 Å². The highest BCUT2D eigenvalue weighted by Crippen LogP contribution is 2.32. The number of hydrogen-bond donors (Lipinski definition) is 3. The van der Waals surface area contributed by atoms with Gasteiger partial charge in [0.1, 0.15) is 6.10 Å². The maximum Gasteiger partial charge on any atom is 0.407 e. The average Bonchev–Trinajstić information content (AvgIpc) is 3.19. The molecule has 1 amide bonds. The summed E-state index contributed by atoms with van der Waals surface area (Å²) < 4.78 is 16.4. The zero-order valence-electron chi connectivity index (χ0n) is 13.5. The minimum atomic E-state index is -0.847. The second kappa shape index (κ2) is 7.94. The summed E-state index contributed by atoms with van der Waals surface area (Å²) in [5.41, 5.74) is 6.56. The van der Waals surface area contributed by atoms with Crippen molar-refractivity contribution in [1.29, 1.82) is 0 Å². The van der Waals surface area contributed by atoms with E-state index in [1.54, 1.807) is 0 Å². The lowest BCUT2D eigenvalue weighted by atomic mass is 10.0. The maximum absolute atomic E-state index is 12.2. The number of alkyl carbamates (subject to hydrolysis) is 1. The number of nitrogens with two attached hydrogens (primary N) is 1. The Balaban J connectivity index is 1.56. The summed E-state index contributed by atoms with van der Waals surface area (Å²) in [6.07, 6.45) is -0.696. The van der Waals surface area contributed by atoms with Crippen molar-refractivity contribution in [3.63, 3.8) is 0 Å². The average molecular weight is 336 g/mol. The minimum Gasteiger partial charge on any atom is -0.443 e. The zero-order chi connectivity index (χ0) is 16.9. The summed E-state index contributed by atoms with van der Waals surface area (Å²) in [6, 6.07) is 9.11. The van der Waals surface area contributed by atoms with Gasteiger partial charge in [0.2, 0.25) is 0 Å². The lowest BCUT2D eigenvalue weighted by Gasteiger charge is -2.24. The number of aliphatic hydroxyl groups excluding tert-OH is 1. The van der Waals surface area contributed by atoms with Gasteiger partial charge < -0.3 is 30.4 Å². The molecule has 0 spiro atoms. The molecule has 2 heterocycles. The highest BCUT2D eigenvalue weighted by Gasteiger charge is 2.44. The lowest BCUT2D eigenvalue weighted by Crippen LogP contribution is -2.49. The number of carbonyl (C=O) groups is 1. The normalized spacial score (nSPS) is 28.2. The molecular weight excluding hydrogens is 312 g/mol. The van der Waals surface area contributed by atoms with E-state index in [9.17, 15) is 9.90 Å². The van der Waals surface area contributed by atoms with E-state index < -0.39 is 18.2 Å². The molecule has 7 nitrogen and oxygen atoms in total. The molecule has 7 heteroatoms. The summed E-state index contributed by atoms with van der Waals surface area (Å²) >= 11 is 0. The van der Waals surface area contributed by atoms with Gasteiger partial charge in [-0.15, -0.1) is 0 Å². The highest BCUT2D eigenvalue weighted by molar-refractivity contribution is 5.68. The van der Waals surface area contributed by atoms with E-state index in [-0.39, 0.29) is 24.9 Å². The van der Waals surface area contributed by atoms with Gasteiger partial charge in [0, 0.05) is 6.54 Å². The number of rotatable bonds is 6. The molecule has 1 aromatic rings. The Kier molecular flexibility index (Phi) is 5.68. The molecule has 1 aromatic carbocycles. The van der Waals surface area contributed by atoms with Crippen LogP contribution >= 0.6 is 0 Å². The molecule has 5 atom stereocenters. The Morgan fingerprint density at radius 2 is 2.17 bits per heavy atom. The standard InChI is InChI=1S/C17H24N2O5/c18-9-14(20)13(8-11-4-2-1-3-5-11)19-17(21)24-15-10-23-16-12(15)6-7-22-16/h1-5,12-16,20H,6-10,18H2,(H,19,21)/t12?,13-,14-,15?,16?/m0/s1. The maximum atomic E-state index is 12.2. The molecule has 0 aliphatic carbocycles. The van der Waals surface area contributed by atoms with Gasteiger partial charge in [-0.25, -0.2) is 4.79 Å². The van der Waals surface area contributed by atoms with Crippen LogP contribution in [0.4, 0.5) is 4.79 Å². The third-order valence-electron chi connectivity index (χ3n) is 4.55. The Bertz CT molecular complexity index is 541. The molecule has 132 valence electrons. The van der Waals surface area contributed by atoms with Crippen molar-refractivity contribution >= 4 is 6.09 Å². The van der Waals surface area contributed by atoms with Gasteiger partial charge in [0.15, 0.2) is 6.29 Å². The van der Waals surface area contributed by atoms with Crippen molar-refractivity contribution in [1.82, 2.24) is 5.32 Å². The Morgan fingerprint density at radius 1 is 1.38 bits per heavy atom. The summed E-state index contributed by atoms with van der Waals surface area (Å²) in [7, 11) is 0. The Labute approximate surface area is 141 Å². The first-order valence-corrected chi connectivity index (χ1v) is 8.30. The third kappa shape index (κ3) is 4.05. The molecule has 0 aromatic heterocycles. The van der Waals surface area contributed by atoms with Crippen LogP contribution in [0.3, 0.4) is 0 Å². The molecule has 0 bridgehead atoms. The van der Waals surface area contributed by atoms with Crippen molar-refractivity contribution in [3.8, 4) is 0 Å². The van der Waals surface area contributed by atoms with Crippen LogP contribution in [0.2, 0.25) is 0 Å². The minimum absolute atomic E-state index is 0.0584. The molecule has 24 heavy (non-hydrogen) atoms. The Hall–Kier alpha value is -1.67. The molecule has 3 unspecified atom stereocenters.